The molecular weight excluding hydrogens is 351 g/mol. The monoisotopic (exact) mass is 363 g/mol. The lowest BCUT2D eigenvalue weighted by Crippen LogP contribution is -2.12. The van der Waals surface area contributed by atoms with Crippen molar-refractivity contribution in [3.63, 3.8) is 0 Å². The van der Waals surface area contributed by atoms with Crippen LogP contribution in [0.4, 0.5) is 13.2 Å². The van der Waals surface area contributed by atoms with Crippen LogP contribution in [-0.2, 0) is 12.6 Å². The second-order valence-electron chi connectivity index (χ2n) is 5.95. The zero-order valence-corrected chi connectivity index (χ0v) is 13.7. The predicted octanol–water partition coefficient (Wildman–Crippen LogP) is 5.15. The van der Waals surface area contributed by atoms with E-state index in [1.54, 1.807) is 10.7 Å². The second kappa shape index (κ2) is 5.88. The Labute approximate surface area is 147 Å². The highest BCUT2D eigenvalue weighted by Gasteiger charge is 2.35. The van der Waals surface area contributed by atoms with Gasteiger partial charge in [-0.3, -0.25) is 0 Å². The molecule has 1 heterocycles. The largest absolute Gasteiger partial charge is 0.417 e. The molecule has 1 unspecified atom stereocenters. The van der Waals surface area contributed by atoms with Crippen molar-refractivity contribution in [2.75, 3.05) is 0 Å². The fraction of sp³-hybridized carbons (Fsp3) is 0.222. The number of fused-ring (bicyclic) bond motifs is 1. The first kappa shape index (κ1) is 16.1. The first-order valence-corrected chi connectivity index (χ1v) is 8.18. The molecule has 2 aromatic carbocycles. The van der Waals surface area contributed by atoms with Gasteiger partial charge in [0, 0.05) is 5.56 Å². The Kier molecular flexibility index (Phi) is 3.80. The van der Waals surface area contributed by atoms with Gasteiger partial charge in [0.15, 0.2) is 5.82 Å². The highest BCUT2D eigenvalue weighted by molar-refractivity contribution is 6.34. The summed E-state index contributed by atoms with van der Waals surface area (Å²) < 4.78 is 41.1. The summed E-state index contributed by atoms with van der Waals surface area (Å²) in [5.41, 5.74) is 1.72. The van der Waals surface area contributed by atoms with Crippen LogP contribution in [0.25, 0.3) is 11.4 Å². The molecule has 0 bridgehead atoms. The van der Waals surface area contributed by atoms with Gasteiger partial charge >= 0.3 is 6.18 Å². The van der Waals surface area contributed by atoms with Gasteiger partial charge in [-0.25, -0.2) is 9.67 Å². The molecule has 4 rings (SSSR count). The third kappa shape index (κ3) is 2.70. The Balaban J connectivity index is 1.82. The molecule has 0 fully saturated rings. The standard InChI is InChI=1S/C18H13ClF3N3/c19-16-13(6-3-7-14(16)18(20,21)22)17-23-10-24-25(17)15-9-8-11-4-1-2-5-12(11)15/h1-7,10,15H,8-9H2. The maximum Gasteiger partial charge on any atom is 0.417 e. The van der Waals surface area contributed by atoms with Crippen LogP contribution in [0.2, 0.25) is 5.02 Å². The summed E-state index contributed by atoms with van der Waals surface area (Å²) in [5.74, 6) is 0.345. The van der Waals surface area contributed by atoms with Crippen LogP contribution in [0.5, 0.6) is 0 Å². The number of aryl methyl sites for hydroxylation is 1. The van der Waals surface area contributed by atoms with E-state index >= 15 is 0 Å². The first-order chi connectivity index (χ1) is 12.0. The van der Waals surface area contributed by atoms with E-state index in [2.05, 4.69) is 16.1 Å². The van der Waals surface area contributed by atoms with Crippen LogP contribution in [-0.4, -0.2) is 14.8 Å². The van der Waals surface area contributed by atoms with Gasteiger partial charge in [0.25, 0.3) is 0 Å². The van der Waals surface area contributed by atoms with E-state index in [1.165, 1.54) is 18.0 Å². The van der Waals surface area contributed by atoms with E-state index in [-0.39, 0.29) is 16.6 Å². The van der Waals surface area contributed by atoms with Crippen molar-refractivity contribution in [1.82, 2.24) is 14.8 Å². The Morgan fingerprint density at radius 2 is 1.88 bits per heavy atom. The van der Waals surface area contributed by atoms with E-state index < -0.39 is 11.7 Å². The summed E-state index contributed by atoms with van der Waals surface area (Å²) in [6.45, 7) is 0. The number of benzene rings is 2. The molecule has 7 heteroatoms. The van der Waals surface area contributed by atoms with E-state index in [9.17, 15) is 13.2 Å². The summed E-state index contributed by atoms with van der Waals surface area (Å²) in [6, 6.07) is 11.8. The van der Waals surface area contributed by atoms with Gasteiger partial charge in [-0.2, -0.15) is 18.3 Å². The molecule has 0 saturated carbocycles. The molecule has 0 amide bonds. The normalized spacial score (nSPS) is 16.9. The van der Waals surface area contributed by atoms with Gasteiger partial charge in [0.1, 0.15) is 6.33 Å². The van der Waals surface area contributed by atoms with Gasteiger partial charge in [0.05, 0.1) is 16.6 Å². The lowest BCUT2D eigenvalue weighted by atomic mass is 10.1. The zero-order valence-electron chi connectivity index (χ0n) is 13.0. The number of nitrogens with zero attached hydrogens (tertiary/aromatic N) is 3. The van der Waals surface area contributed by atoms with Crippen molar-refractivity contribution >= 4 is 11.6 Å². The highest BCUT2D eigenvalue weighted by atomic mass is 35.5. The molecule has 3 nitrogen and oxygen atoms in total. The minimum absolute atomic E-state index is 0.0562. The smallest absolute Gasteiger partial charge is 0.238 e. The van der Waals surface area contributed by atoms with Crippen molar-refractivity contribution < 1.29 is 13.2 Å². The van der Waals surface area contributed by atoms with Crippen molar-refractivity contribution in [3.05, 3.63) is 70.5 Å². The third-order valence-electron chi connectivity index (χ3n) is 4.51. The summed E-state index contributed by atoms with van der Waals surface area (Å²) in [6.07, 6.45) is -1.44. The summed E-state index contributed by atoms with van der Waals surface area (Å²) in [5, 5.41) is 3.92. The predicted molar refractivity (Wildman–Crippen MR) is 88.4 cm³/mol. The van der Waals surface area contributed by atoms with E-state index in [4.69, 9.17) is 11.6 Å². The van der Waals surface area contributed by atoms with Crippen molar-refractivity contribution in [1.29, 1.82) is 0 Å². The Hall–Kier alpha value is -2.34. The number of hydrogen-bond acceptors (Lipinski definition) is 2. The molecule has 0 radical (unpaired) electrons. The lowest BCUT2D eigenvalue weighted by molar-refractivity contribution is -0.137. The Bertz CT molecular complexity index is 933. The molecule has 0 aliphatic heterocycles. The molecule has 0 N–H and O–H groups in total. The van der Waals surface area contributed by atoms with Gasteiger partial charge < -0.3 is 0 Å². The molecule has 1 aromatic heterocycles. The molecule has 3 aromatic rings. The van der Waals surface area contributed by atoms with Crippen LogP contribution < -0.4 is 0 Å². The lowest BCUT2D eigenvalue weighted by Gasteiger charge is -2.17. The molecule has 1 atom stereocenters. The van der Waals surface area contributed by atoms with Gasteiger partial charge in [0.2, 0.25) is 0 Å². The molecule has 1 aliphatic carbocycles. The molecule has 128 valence electrons. The summed E-state index contributed by atoms with van der Waals surface area (Å²) >= 11 is 6.06. The number of aromatic nitrogens is 3. The fourth-order valence-electron chi connectivity index (χ4n) is 3.38. The number of hydrogen-bond donors (Lipinski definition) is 0. The average Bonchev–Trinajstić information content (AvgIpc) is 3.20. The SMILES string of the molecule is FC(F)(F)c1cccc(-c2ncnn2C2CCc3ccccc32)c1Cl. The Morgan fingerprint density at radius 1 is 1.08 bits per heavy atom. The van der Waals surface area contributed by atoms with Crippen LogP contribution in [0.3, 0.4) is 0 Å². The molecule has 1 aliphatic rings. The van der Waals surface area contributed by atoms with Gasteiger partial charge in [-0.15, -0.1) is 0 Å². The van der Waals surface area contributed by atoms with E-state index in [1.807, 2.05) is 18.2 Å². The van der Waals surface area contributed by atoms with Gasteiger partial charge in [-0.05, 0) is 36.1 Å². The average molecular weight is 364 g/mol. The molecular formula is C18H13ClF3N3. The van der Waals surface area contributed by atoms with Crippen molar-refractivity contribution in [2.24, 2.45) is 0 Å². The van der Waals surface area contributed by atoms with Crippen molar-refractivity contribution in [3.8, 4) is 11.4 Å². The van der Waals surface area contributed by atoms with E-state index in [0.717, 1.165) is 24.5 Å². The quantitative estimate of drug-likeness (QED) is 0.630. The fourth-order valence-corrected chi connectivity index (χ4v) is 3.70. The first-order valence-electron chi connectivity index (χ1n) is 7.80. The number of alkyl halides is 3. The van der Waals surface area contributed by atoms with Crippen LogP contribution in [0, 0.1) is 0 Å². The molecule has 0 saturated heterocycles. The van der Waals surface area contributed by atoms with Crippen LogP contribution in [0.15, 0.2) is 48.8 Å². The number of rotatable bonds is 2. The molecule has 0 spiro atoms. The summed E-state index contributed by atoms with van der Waals surface area (Å²) in [7, 11) is 0. The van der Waals surface area contributed by atoms with Crippen molar-refractivity contribution in [2.45, 2.75) is 25.1 Å². The second-order valence-corrected chi connectivity index (χ2v) is 6.32. The maximum absolute atomic E-state index is 13.1. The molecule has 25 heavy (non-hydrogen) atoms. The third-order valence-corrected chi connectivity index (χ3v) is 4.92. The van der Waals surface area contributed by atoms with Crippen LogP contribution in [0.1, 0.15) is 29.2 Å². The summed E-state index contributed by atoms with van der Waals surface area (Å²) in [4.78, 5) is 4.19. The zero-order chi connectivity index (χ0) is 17.6. The maximum atomic E-state index is 13.1. The Morgan fingerprint density at radius 3 is 2.68 bits per heavy atom. The highest BCUT2D eigenvalue weighted by Crippen LogP contribution is 2.41. The van der Waals surface area contributed by atoms with Gasteiger partial charge in [-0.1, -0.05) is 41.9 Å². The minimum atomic E-state index is -4.52. The van der Waals surface area contributed by atoms with Crippen LogP contribution >= 0.6 is 11.6 Å². The van der Waals surface area contributed by atoms with E-state index in [0.29, 0.717) is 5.82 Å². The minimum Gasteiger partial charge on any atom is -0.238 e. The topological polar surface area (TPSA) is 30.7 Å². The number of halogens is 4.